The van der Waals surface area contributed by atoms with Crippen LogP contribution in [0.3, 0.4) is 0 Å². The molecule has 1 aromatic rings. The van der Waals surface area contributed by atoms with E-state index in [4.69, 9.17) is 11.1 Å². The van der Waals surface area contributed by atoms with Crippen LogP contribution in [-0.4, -0.2) is 17.1 Å². The second-order valence-corrected chi connectivity index (χ2v) is 3.72. The Labute approximate surface area is 103 Å². The Bertz CT molecular complexity index is 505. The summed E-state index contributed by atoms with van der Waals surface area (Å²) in [6, 6.07) is 1.98. The molecule has 0 saturated carbocycles. The molecule has 1 aromatic carbocycles. The molecule has 0 aliphatic heterocycles. The number of nitrogens with two attached hydrogens (primary N) is 1. The number of nitro groups is 1. The van der Waals surface area contributed by atoms with Crippen molar-refractivity contribution < 1.29 is 9.31 Å². The predicted molar refractivity (Wildman–Crippen MR) is 63.4 cm³/mol. The summed E-state index contributed by atoms with van der Waals surface area (Å²) in [6.07, 6.45) is 0.996. The van der Waals surface area contributed by atoms with Gasteiger partial charge in [-0.15, -0.1) is 0 Å². The van der Waals surface area contributed by atoms with Gasteiger partial charge in [-0.2, -0.15) is 5.10 Å². The number of hydrogen-bond donors (Lipinski definition) is 3. The predicted octanol–water partition coefficient (Wildman–Crippen LogP) is 1.31. The Morgan fingerprint density at radius 3 is 2.88 bits per heavy atom. The van der Waals surface area contributed by atoms with Crippen LogP contribution in [0.15, 0.2) is 21.7 Å². The molecule has 0 heterocycles. The van der Waals surface area contributed by atoms with Gasteiger partial charge in [-0.25, -0.2) is 9.82 Å². The molecule has 0 spiro atoms. The molecule has 17 heavy (non-hydrogen) atoms. The van der Waals surface area contributed by atoms with Gasteiger partial charge in [-0.3, -0.25) is 15.5 Å². The third kappa shape index (κ3) is 3.48. The highest BCUT2D eigenvalue weighted by Crippen LogP contribution is 2.27. The summed E-state index contributed by atoms with van der Waals surface area (Å²) in [4.78, 5) is 9.95. The number of rotatable bonds is 3. The van der Waals surface area contributed by atoms with E-state index in [0.717, 1.165) is 18.3 Å². The number of halogens is 2. The average molecular weight is 304 g/mol. The molecule has 0 fully saturated rings. The number of nitro benzene ring substituents is 1. The molecule has 0 radical (unpaired) electrons. The molecular weight excluding hydrogens is 297 g/mol. The van der Waals surface area contributed by atoms with Crippen LogP contribution in [-0.2, 0) is 0 Å². The molecule has 1 rings (SSSR count). The molecule has 0 saturated heterocycles. The average Bonchev–Trinajstić information content (AvgIpc) is 2.20. The zero-order chi connectivity index (χ0) is 13.0. The van der Waals surface area contributed by atoms with Crippen LogP contribution in [0.1, 0.15) is 5.56 Å². The van der Waals surface area contributed by atoms with E-state index in [-0.39, 0.29) is 15.7 Å². The maximum Gasteiger partial charge on any atom is 0.284 e. The molecule has 0 aromatic heterocycles. The van der Waals surface area contributed by atoms with E-state index in [1.807, 2.05) is 0 Å². The fraction of sp³-hybridized carbons (Fsp3) is 0. The summed E-state index contributed by atoms with van der Waals surface area (Å²) in [5.74, 6) is -1.11. The zero-order valence-electron chi connectivity index (χ0n) is 8.28. The number of nitrogens with zero attached hydrogens (tertiary/aromatic N) is 2. The van der Waals surface area contributed by atoms with Crippen molar-refractivity contribution in [3.63, 3.8) is 0 Å². The van der Waals surface area contributed by atoms with E-state index in [1.165, 1.54) is 0 Å². The van der Waals surface area contributed by atoms with Crippen molar-refractivity contribution in [2.45, 2.75) is 0 Å². The van der Waals surface area contributed by atoms with Gasteiger partial charge in [0.15, 0.2) is 0 Å². The lowest BCUT2D eigenvalue weighted by Gasteiger charge is -2.00. The molecule has 9 heteroatoms. The molecule has 0 atom stereocenters. The third-order valence-corrected chi connectivity index (χ3v) is 2.29. The Hall–Kier alpha value is -2.03. The SMILES string of the molecule is N=C(N)N/N=C/c1cc([N+](=O)[O-])c(Br)cc1F. The number of guanidine groups is 1. The standard InChI is InChI=1S/C8H7BrFN5O2/c9-5-2-6(10)4(1-7(5)15(16)17)3-13-14-8(11)12/h1-3H,(H4,11,12,14)/b13-3+. The topological polar surface area (TPSA) is 117 Å². The lowest BCUT2D eigenvalue weighted by Crippen LogP contribution is -2.25. The van der Waals surface area contributed by atoms with Gasteiger partial charge in [0.05, 0.1) is 15.6 Å². The maximum atomic E-state index is 13.4. The first-order valence-electron chi connectivity index (χ1n) is 4.18. The van der Waals surface area contributed by atoms with Crippen LogP contribution in [0.2, 0.25) is 0 Å². The lowest BCUT2D eigenvalue weighted by atomic mass is 10.2. The van der Waals surface area contributed by atoms with Crippen molar-refractivity contribution in [2.75, 3.05) is 0 Å². The van der Waals surface area contributed by atoms with Crippen molar-refractivity contribution >= 4 is 33.8 Å². The van der Waals surface area contributed by atoms with Crippen LogP contribution in [0, 0.1) is 21.3 Å². The number of nitrogens with one attached hydrogen (secondary N) is 2. The number of hydrazone groups is 1. The Morgan fingerprint density at radius 2 is 2.35 bits per heavy atom. The van der Waals surface area contributed by atoms with Gasteiger partial charge in [0.1, 0.15) is 5.82 Å². The van der Waals surface area contributed by atoms with Crippen LogP contribution in [0.25, 0.3) is 0 Å². The molecule has 0 aliphatic carbocycles. The first-order chi connectivity index (χ1) is 7.91. The molecule has 0 amide bonds. The first kappa shape index (κ1) is 13.0. The van der Waals surface area contributed by atoms with E-state index in [0.29, 0.717) is 0 Å². The summed E-state index contributed by atoms with van der Waals surface area (Å²) in [5, 5.41) is 20.8. The highest BCUT2D eigenvalue weighted by Gasteiger charge is 2.15. The largest absolute Gasteiger partial charge is 0.369 e. The smallest absolute Gasteiger partial charge is 0.284 e. The van der Waals surface area contributed by atoms with E-state index in [2.05, 4.69) is 26.5 Å². The van der Waals surface area contributed by atoms with E-state index in [9.17, 15) is 14.5 Å². The summed E-state index contributed by atoms with van der Waals surface area (Å²) >= 11 is 2.88. The van der Waals surface area contributed by atoms with Gasteiger partial charge in [-0.05, 0) is 22.0 Å². The van der Waals surface area contributed by atoms with Gasteiger partial charge in [0.25, 0.3) is 5.69 Å². The molecule has 90 valence electrons. The van der Waals surface area contributed by atoms with Crippen LogP contribution >= 0.6 is 15.9 Å². The fourth-order valence-corrected chi connectivity index (χ4v) is 1.42. The van der Waals surface area contributed by atoms with E-state index in [1.54, 1.807) is 0 Å². The lowest BCUT2D eigenvalue weighted by molar-refractivity contribution is -0.385. The molecule has 4 N–H and O–H groups in total. The van der Waals surface area contributed by atoms with Gasteiger partial charge in [0, 0.05) is 11.6 Å². The first-order valence-corrected chi connectivity index (χ1v) is 4.97. The number of benzene rings is 1. The van der Waals surface area contributed by atoms with E-state index < -0.39 is 16.7 Å². The van der Waals surface area contributed by atoms with Gasteiger partial charge < -0.3 is 5.73 Å². The Morgan fingerprint density at radius 1 is 1.71 bits per heavy atom. The van der Waals surface area contributed by atoms with Crippen LogP contribution in [0.5, 0.6) is 0 Å². The minimum absolute atomic E-state index is 0.0386. The maximum absolute atomic E-state index is 13.4. The monoisotopic (exact) mass is 303 g/mol. The van der Waals surface area contributed by atoms with Crippen molar-refractivity contribution in [1.29, 1.82) is 5.41 Å². The molecule has 0 aliphatic rings. The minimum Gasteiger partial charge on any atom is -0.369 e. The second kappa shape index (κ2) is 5.34. The van der Waals surface area contributed by atoms with Gasteiger partial charge >= 0.3 is 0 Å². The quantitative estimate of drug-likeness (QED) is 0.338. The fourth-order valence-electron chi connectivity index (χ4n) is 0.964. The summed E-state index contributed by atoms with van der Waals surface area (Å²) in [6.45, 7) is 0. The Kier molecular flexibility index (Phi) is 4.10. The summed E-state index contributed by atoms with van der Waals surface area (Å²) < 4.78 is 13.4. The minimum atomic E-state index is -0.684. The third-order valence-electron chi connectivity index (χ3n) is 1.65. The summed E-state index contributed by atoms with van der Waals surface area (Å²) in [5.41, 5.74) is 6.64. The molecule has 0 bridgehead atoms. The second-order valence-electron chi connectivity index (χ2n) is 2.87. The van der Waals surface area contributed by atoms with Crippen molar-refractivity contribution in [3.05, 3.63) is 38.1 Å². The summed E-state index contributed by atoms with van der Waals surface area (Å²) in [7, 11) is 0. The van der Waals surface area contributed by atoms with Gasteiger partial charge in [0.2, 0.25) is 5.96 Å². The van der Waals surface area contributed by atoms with Crippen LogP contribution in [0.4, 0.5) is 10.1 Å². The molecule has 7 nitrogen and oxygen atoms in total. The van der Waals surface area contributed by atoms with Crippen molar-refractivity contribution in [1.82, 2.24) is 5.43 Å². The molecule has 0 unspecified atom stereocenters. The normalized spacial score (nSPS) is 10.5. The number of hydrogen-bond acceptors (Lipinski definition) is 4. The van der Waals surface area contributed by atoms with Crippen molar-refractivity contribution in [2.24, 2.45) is 10.8 Å². The van der Waals surface area contributed by atoms with Gasteiger partial charge in [-0.1, -0.05) is 0 Å². The zero-order valence-corrected chi connectivity index (χ0v) is 9.86. The highest BCUT2D eigenvalue weighted by molar-refractivity contribution is 9.10. The molecular formula is C8H7BrFN5O2. The highest BCUT2D eigenvalue weighted by atomic mass is 79.9. The van der Waals surface area contributed by atoms with Crippen LogP contribution < -0.4 is 11.2 Å². The van der Waals surface area contributed by atoms with Crippen molar-refractivity contribution in [3.8, 4) is 0 Å². The van der Waals surface area contributed by atoms with E-state index >= 15 is 0 Å². The Balaban J connectivity index is 3.07.